The van der Waals surface area contributed by atoms with Crippen LogP contribution in [-0.4, -0.2) is 52.4 Å². The van der Waals surface area contributed by atoms with E-state index in [0.29, 0.717) is 5.56 Å². The van der Waals surface area contributed by atoms with E-state index in [1.807, 2.05) is 13.0 Å². The second kappa shape index (κ2) is 6.53. The molecule has 0 bridgehead atoms. The lowest BCUT2D eigenvalue weighted by molar-refractivity contribution is -0.131. The van der Waals surface area contributed by atoms with Crippen molar-refractivity contribution in [3.63, 3.8) is 0 Å². The van der Waals surface area contributed by atoms with E-state index in [0.717, 1.165) is 16.3 Å². The van der Waals surface area contributed by atoms with Gasteiger partial charge in [-0.25, -0.2) is 19.2 Å². The lowest BCUT2D eigenvalue weighted by atomic mass is 10.2. The number of amides is 2. The maximum Gasteiger partial charge on any atom is 0.416 e. The van der Waals surface area contributed by atoms with Gasteiger partial charge in [0.1, 0.15) is 6.61 Å². The molecule has 0 atom stereocenters. The van der Waals surface area contributed by atoms with Gasteiger partial charge in [0, 0.05) is 11.9 Å². The van der Waals surface area contributed by atoms with Crippen molar-refractivity contribution in [3.8, 4) is 5.69 Å². The maximum atomic E-state index is 12.0. The predicted octanol–water partition coefficient (Wildman–Crippen LogP) is 1.32. The largest absolute Gasteiger partial charge is 0.452 e. The molecule has 2 heterocycles. The molecule has 1 saturated heterocycles. The number of benzene rings is 1. The Labute approximate surface area is 137 Å². The van der Waals surface area contributed by atoms with E-state index in [4.69, 9.17) is 4.74 Å². The van der Waals surface area contributed by atoms with Gasteiger partial charge < -0.3 is 9.47 Å². The Morgan fingerprint density at radius 3 is 2.58 bits per heavy atom. The molecule has 1 aromatic carbocycles. The van der Waals surface area contributed by atoms with Crippen LogP contribution in [0.2, 0.25) is 0 Å². The van der Waals surface area contributed by atoms with Gasteiger partial charge in [0.2, 0.25) is 0 Å². The fourth-order valence-corrected chi connectivity index (χ4v) is 2.29. The molecule has 0 saturated carbocycles. The number of aryl methyl sites for hydroxylation is 1. The van der Waals surface area contributed by atoms with E-state index in [2.05, 4.69) is 9.84 Å². The Morgan fingerprint density at radius 2 is 2.00 bits per heavy atom. The number of carbonyl (C=O) groups excluding carboxylic acids is 3. The van der Waals surface area contributed by atoms with Crippen LogP contribution in [0.3, 0.4) is 0 Å². The summed E-state index contributed by atoms with van der Waals surface area (Å²) in [6.07, 6.45) is 0.974. The lowest BCUT2D eigenvalue weighted by Crippen LogP contribution is -2.35. The summed E-state index contributed by atoms with van der Waals surface area (Å²) in [6.45, 7) is 1.75. The van der Waals surface area contributed by atoms with Crippen LogP contribution < -0.4 is 0 Å². The molecule has 2 aromatic rings. The predicted molar refractivity (Wildman–Crippen MR) is 81.6 cm³/mol. The highest BCUT2D eigenvalue weighted by atomic mass is 16.6. The molecule has 0 radical (unpaired) electrons. The van der Waals surface area contributed by atoms with Gasteiger partial charge >= 0.3 is 12.1 Å². The van der Waals surface area contributed by atoms with Crippen LogP contribution >= 0.6 is 0 Å². The molecule has 3 rings (SSSR count). The van der Waals surface area contributed by atoms with Crippen LogP contribution in [0, 0.1) is 6.92 Å². The molecule has 1 aliphatic heterocycles. The van der Waals surface area contributed by atoms with Gasteiger partial charge in [-0.05, 0) is 37.3 Å². The SMILES string of the molecule is Cc1ccnn1-c1ccc(C(=O)OCC(=O)N2CCOC2=O)cc1. The minimum atomic E-state index is -0.713. The number of nitrogens with zero attached hydrogens (tertiary/aromatic N) is 3. The first-order valence-corrected chi connectivity index (χ1v) is 7.31. The number of imide groups is 1. The molecule has 0 aliphatic carbocycles. The number of carbonyl (C=O) groups is 3. The standard InChI is InChI=1S/C16H15N3O5/c1-11-6-7-17-19(11)13-4-2-12(3-5-13)15(21)24-10-14(20)18-8-9-23-16(18)22/h2-7H,8-10H2,1H3. The van der Waals surface area contributed by atoms with Crippen molar-refractivity contribution in [2.24, 2.45) is 0 Å². The second-order valence-electron chi connectivity index (χ2n) is 5.17. The summed E-state index contributed by atoms with van der Waals surface area (Å²) in [4.78, 5) is 35.9. The van der Waals surface area contributed by atoms with Gasteiger partial charge in [0.15, 0.2) is 6.61 Å². The molecule has 0 spiro atoms. The summed E-state index contributed by atoms with van der Waals surface area (Å²) >= 11 is 0. The average Bonchev–Trinajstić information content (AvgIpc) is 3.20. The van der Waals surface area contributed by atoms with E-state index in [1.54, 1.807) is 35.1 Å². The summed E-state index contributed by atoms with van der Waals surface area (Å²) in [5.74, 6) is -1.24. The number of hydrogen-bond acceptors (Lipinski definition) is 6. The Hall–Kier alpha value is -3.16. The third-order valence-corrected chi connectivity index (χ3v) is 3.57. The fourth-order valence-electron chi connectivity index (χ4n) is 2.29. The van der Waals surface area contributed by atoms with Crippen LogP contribution in [0.25, 0.3) is 5.69 Å². The Morgan fingerprint density at radius 1 is 1.25 bits per heavy atom. The van der Waals surface area contributed by atoms with E-state index in [-0.39, 0.29) is 13.2 Å². The molecule has 1 fully saturated rings. The topological polar surface area (TPSA) is 90.7 Å². The Balaban J connectivity index is 1.60. The van der Waals surface area contributed by atoms with E-state index in [9.17, 15) is 14.4 Å². The monoisotopic (exact) mass is 329 g/mol. The summed E-state index contributed by atoms with van der Waals surface area (Å²) < 4.78 is 11.3. The Kier molecular flexibility index (Phi) is 4.28. The molecule has 124 valence electrons. The van der Waals surface area contributed by atoms with Gasteiger partial charge in [-0.15, -0.1) is 0 Å². The van der Waals surface area contributed by atoms with Crippen LogP contribution in [0.5, 0.6) is 0 Å². The highest BCUT2D eigenvalue weighted by Gasteiger charge is 2.29. The van der Waals surface area contributed by atoms with E-state index in [1.165, 1.54) is 0 Å². The van der Waals surface area contributed by atoms with Crippen molar-refractivity contribution in [2.75, 3.05) is 19.8 Å². The van der Waals surface area contributed by atoms with Gasteiger partial charge in [-0.2, -0.15) is 5.10 Å². The molecule has 2 amide bonds. The molecule has 1 aromatic heterocycles. The van der Waals surface area contributed by atoms with E-state index >= 15 is 0 Å². The Bertz CT molecular complexity index is 781. The van der Waals surface area contributed by atoms with Gasteiger partial charge in [-0.1, -0.05) is 0 Å². The van der Waals surface area contributed by atoms with Crippen LogP contribution in [0.15, 0.2) is 36.5 Å². The molecule has 0 unspecified atom stereocenters. The fraction of sp³-hybridized carbons (Fsp3) is 0.250. The third kappa shape index (κ3) is 3.12. The minimum Gasteiger partial charge on any atom is -0.452 e. The quantitative estimate of drug-likeness (QED) is 0.786. The van der Waals surface area contributed by atoms with Crippen molar-refractivity contribution >= 4 is 18.0 Å². The van der Waals surface area contributed by atoms with Crippen LogP contribution in [-0.2, 0) is 14.3 Å². The van der Waals surface area contributed by atoms with Crippen molar-refractivity contribution in [2.45, 2.75) is 6.92 Å². The smallest absolute Gasteiger partial charge is 0.416 e. The molecule has 24 heavy (non-hydrogen) atoms. The first-order chi connectivity index (χ1) is 11.6. The maximum absolute atomic E-state index is 12.0. The molecule has 8 heteroatoms. The molecular formula is C16H15N3O5. The highest BCUT2D eigenvalue weighted by Crippen LogP contribution is 2.12. The van der Waals surface area contributed by atoms with Gasteiger partial charge in [0.05, 0.1) is 17.8 Å². The zero-order valence-electron chi connectivity index (χ0n) is 13.0. The highest BCUT2D eigenvalue weighted by molar-refractivity contribution is 5.96. The molecule has 8 nitrogen and oxygen atoms in total. The molecule has 0 N–H and O–H groups in total. The van der Waals surface area contributed by atoms with E-state index < -0.39 is 24.6 Å². The summed E-state index contributed by atoms with van der Waals surface area (Å²) in [5.41, 5.74) is 2.08. The van der Waals surface area contributed by atoms with Crippen molar-refractivity contribution in [1.29, 1.82) is 0 Å². The minimum absolute atomic E-state index is 0.160. The zero-order chi connectivity index (χ0) is 17.1. The zero-order valence-corrected chi connectivity index (χ0v) is 13.0. The number of ether oxygens (including phenoxy) is 2. The first kappa shape index (κ1) is 15.7. The van der Waals surface area contributed by atoms with Crippen molar-refractivity contribution < 1.29 is 23.9 Å². The van der Waals surface area contributed by atoms with Gasteiger partial charge in [0.25, 0.3) is 5.91 Å². The number of rotatable bonds is 4. The lowest BCUT2D eigenvalue weighted by Gasteiger charge is -2.11. The number of cyclic esters (lactones) is 1. The number of esters is 1. The summed E-state index contributed by atoms with van der Waals surface area (Å²) in [5, 5.41) is 4.18. The van der Waals surface area contributed by atoms with Crippen LogP contribution in [0.4, 0.5) is 4.79 Å². The first-order valence-electron chi connectivity index (χ1n) is 7.31. The number of aromatic nitrogens is 2. The van der Waals surface area contributed by atoms with Crippen molar-refractivity contribution in [1.82, 2.24) is 14.7 Å². The number of hydrogen-bond donors (Lipinski definition) is 0. The third-order valence-electron chi connectivity index (χ3n) is 3.57. The normalized spacial score (nSPS) is 13.7. The molecule has 1 aliphatic rings. The van der Waals surface area contributed by atoms with Crippen LogP contribution in [0.1, 0.15) is 16.1 Å². The van der Waals surface area contributed by atoms with Gasteiger partial charge in [-0.3, -0.25) is 4.79 Å². The second-order valence-corrected chi connectivity index (χ2v) is 5.17. The van der Waals surface area contributed by atoms with Crippen molar-refractivity contribution in [3.05, 3.63) is 47.8 Å². The molecular weight excluding hydrogens is 314 g/mol. The summed E-state index contributed by atoms with van der Waals surface area (Å²) in [7, 11) is 0. The average molecular weight is 329 g/mol. The summed E-state index contributed by atoms with van der Waals surface area (Å²) in [6, 6.07) is 8.52.